The molecule has 0 aliphatic heterocycles. The maximum Gasteiger partial charge on any atom is 0.0208 e. The van der Waals surface area contributed by atoms with Gasteiger partial charge in [0.15, 0.2) is 0 Å². The number of nitrogens with one attached hydrogen (secondary N) is 1. The van der Waals surface area contributed by atoms with Gasteiger partial charge in [0, 0.05) is 5.54 Å². The molecule has 0 bridgehead atoms. The minimum absolute atomic E-state index is 0.500. The van der Waals surface area contributed by atoms with Crippen LogP contribution in [0.3, 0.4) is 0 Å². The van der Waals surface area contributed by atoms with Crippen molar-refractivity contribution in [2.45, 2.75) is 65.8 Å². The first kappa shape index (κ1) is 13.4. The number of hydrogen-bond donors (Lipinski definition) is 1. The Labute approximate surface area is 108 Å². The third-order valence-corrected chi connectivity index (χ3v) is 6.49. The molecule has 0 amide bonds. The lowest BCUT2D eigenvalue weighted by molar-refractivity contribution is -0.0987. The van der Waals surface area contributed by atoms with E-state index in [0.717, 1.165) is 23.7 Å². The van der Waals surface area contributed by atoms with E-state index in [-0.39, 0.29) is 0 Å². The fourth-order valence-corrected chi connectivity index (χ4v) is 4.91. The van der Waals surface area contributed by atoms with Crippen LogP contribution in [0.25, 0.3) is 0 Å². The van der Waals surface area contributed by atoms with Gasteiger partial charge >= 0.3 is 0 Å². The van der Waals surface area contributed by atoms with Crippen molar-refractivity contribution in [3.05, 3.63) is 0 Å². The molecule has 1 nitrogen and oxygen atoms in total. The van der Waals surface area contributed by atoms with Crippen LogP contribution in [0.2, 0.25) is 0 Å². The fraction of sp³-hybridized carbons (Fsp3) is 1.00. The van der Waals surface area contributed by atoms with Gasteiger partial charge in [-0.05, 0) is 61.8 Å². The first-order chi connectivity index (χ1) is 7.90. The number of rotatable bonds is 5. The van der Waals surface area contributed by atoms with Crippen LogP contribution in [0, 0.1) is 29.1 Å². The Hall–Kier alpha value is -0.0400. The highest BCUT2D eigenvalue weighted by atomic mass is 15.0. The third kappa shape index (κ3) is 1.77. The Morgan fingerprint density at radius 1 is 0.941 bits per heavy atom. The molecule has 0 saturated heterocycles. The quantitative estimate of drug-likeness (QED) is 0.759. The summed E-state index contributed by atoms with van der Waals surface area (Å²) in [6.45, 7) is 12.3. The smallest absolute Gasteiger partial charge is 0.0208 e. The van der Waals surface area contributed by atoms with Crippen molar-refractivity contribution in [2.75, 3.05) is 7.05 Å². The molecule has 0 spiro atoms. The van der Waals surface area contributed by atoms with E-state index in [9.17, 15) is 0 Å². The van der Waals surface area contributed by atoms with Gasteiger partial charge in [0.2, 0.25) is 0 Å². The molecule has 2 saturated carbocycles. The van der Waals surface area contributed by atoms with E-state index in [0.29, 0.717) is 11.0 Å². The highest BCUT2D eigenvalue weighted by Crippen LogP contribution is 2.63. The van der Waals surface area contributed by atoms with Crippen molar-refractivity contribution >= 4 is 0 Å². The Bertz CT molecular complexity index is 267. The summed E-state index contributed by atoms with van der Waals surface area (Å²) < 4.78 is 0. The first-order valence-corrected chi connectivity index (χ1v) is 7.59. The lowest BCUT2D eigenvalue weighted by Gasteiger charge is -2.59. The van der Waals surface area contributed by atoms with E-state index in [1.165, 1.54) is 25.7 Å². The topological polar surface area (TPSA) is 12.0 Å². The van der Waals surface area contributed by atoms with Crippen LogP contribution < -0.4 is 5.32 Å². The molecular formula is C16H31N. The predicted molar refractivity (Wildman–Crippen MR) is 75.0 cm³/mol. The number of hydrogen-bond acceptors (Lipinski definition) is 1. The van der Waals surface area contributed by atoms with Gasteiger partial charge in [-0.1, -0.05) is 34.6 Å². The van der Waals surface area contributed by atoms with Crippen molar-refractivity contribution in [1.29, 1.82) is 0 Å². The standard InChI is InChI=1S/C16H31N/c1-11(2)16(12(3)4)8-7-14(16)13(5)15(17-6)9-10-15/h11-14,17H,7-10H2,1-6H3. The van der Waals surface area contributed by atoms with Crippen LogP contribution in [-0.2, 0) is 0 Å². The van der Waals surface area contributed by atoms with Crippen LogP contribution in [0.5, 0.6) is 0 Å². The lowest BCUT2D eigenvalue weighted by atomic mass is 9.46. The summed E-state index contributed by atoms with van der Waals surface area (Å²) in [5.41, 5.74) is 1.12. The highest BCUT2D eigenvalue weighted by molar-refractivity contribution is 5.12. The lowest BCUT2D eigenvalue weighted by Crippen LogP contribution is -2.55. The van der Waals surface area contributed by atoms with Crippen molar-refractivity contribution in [3.8, 4) is 0 Å². The first-order valence-electron chi connectivity index (χ1n) is 7.59. The highest BCUT2D eigenvalue weighted by Gasteiger charge is 2.59. The average Bonchev–Trinajstić information content (AvgIpc) is 2.95. The van der Waals surface area contributed by atoms with Gasteiger partial charge in [-0.25, -0.2) is 0 Å². The van der Waals surface area contributed by atoms with E-state index in [1.807, 2.05) is 0 Å². The molecule has 2 aliphatic carbocycles. The molecule has 17 heavy (non-hydrogen) atoms. The van der Waals surface area contributed by atoms with Crippen molar-refractivity contribution in [3.63, 3.8) is 0 Å². The fourth-order valence-electron chi connectivity index (χ4n) is 4.91. The monoisotopic (exact) mass is 237 g/mol. The summed E-state index contributed by atoms with van der Waals surface area (Å²) in [5.74, 6) is 3.45. The summed E-state index contributed by atoms with van der Waals surface area (Å²) in [7, 11) is 2.16. The van der Waals surface area contributed by atoms with E-state index in [2.05, 4.69) is 47.0 Å². The zero-order valence-corrected chi connectivity index (χ0v) is 12.6. The van der Waals surface area contributed by atoms with Gasteiger partial charge in [-0.15, -0.1) is 0 Å². The maximum absolute atomic E-state index is 3.62. The van der Waals surface area contributed by atoms with Crippen LogP contribution in [0.15, 0.2) is 0 Å². The van der Waals surface area contributed by atoms with E-state index < -0.39 is 0 Å². The summed E-state index contributed by atoms with van der Waals surface area (Å²) in [6.07, 6.45) is 5.71. The van der Waals surface area contributed by atoms with Gasteiger partial charge in [0.05, 0.1) is 0 Å². The van der Waals surface area contributed by atoms with E-state index in [4.69, 9.17) is 0 Å². The molecular weight excluding hydrogens is 206 g/mol. The minimum Gasteiger partial charge on any atom is -0.314 e. The third-order valence-electron chi connectivity index (χ3n) is 6.49. The molecule has 2 fully saturated rings. The molecule has 0 radical (unpaired) electrons. The SMILES string of the molecule is CNC1(C(C)C2CCC2(C(C)C)C(C)C)CC1. The maximum atomic E-state index is 3.62. The average molecular weight is 237 g/mol. The molecule has 2 aliphatic rings. The van der Waals surface area contributed by atoms with E-state index >= 15 is 0 Å². The molecule has 0 aromatic heterocycles. The second-order valence-electron chi connectivity index (χ2n) is 7.26. The Balaban J connectivity index is 2.16. The molecule has 0 heterocycles. The molecule has 2 atom stereocenters. The summed E-state index contributed by atoms with van der Waals surface area (Å²) in [4.78, 5) is 0. The summed E-state index contributed by atoms with van der Waals surface area (Å²) >= 11 is 0. The zero-order chi connectivity index (χ0) is 12.8. The van der Waals surface area contributed by atoms with Crippen molar-refractivity contribution < 1.29 is 0 Å². The van der Waals surface area contributed by atoms with Crippen molar-refractivity contribution in [1.82, 2.24) is 5.32 Å². The van der Waals surface area contributed by atoms with E-state index in [1.54, 1.807) is 0 Å². The van der Waals surface area contributed by atoms with Gasteiger partial charge < -0.3 is 5.32 Å². The molecule has 2 rings (SSSR count). The second kappa shape index (κ2) is 4.26. The van der Waals surface area contributed by atoms with Gasteiger partial charge in [0.1, 0.15) is 0 Å². The van der Waals surface area contributed by atoms with Crippen molar-refractivity contribution in [2.24, 2.45) is 29.1 Å². The van der Waals surface area contributed by atoms with Crippen LogP contribution in [0.4, 0.5) is 0 Å². The van der Waals surface area contributed by atoms with Crippen LogP contribution in [0.1, 0.15) is 60.3 Å². The summed E-state index contributed by atoms with van der Waals surface area (Å²) in [6, 6.07) is 0. The molecule has 0 aromatic carbocycles. The molecule has 0 aromatic rings. The predicted octanol–water partition coefficient (Wildman–Crippen LogP) is 4.08. The van der Waals surface area contributed by atoms with Gasteiger partial charge in [0.25, 0.3) is 0 Å². The molecule has 100 valence electrons. The largest absolute Gasteiger partial charge is 0.314 e. The molecule has 1 N–H and O–H groups in total. The Morgan fingerprint density at radius 2 is 1.47 bits per heavy atom. The van der Waals surface area contributed by atoms with Gasteiger partial charge in [-0.2, -0.15) is 0 Å². The van der Waals surface area contributed by atoms with Gasteiger partial charge in [-0.3, -0.25) is 0 Å². The van der Waals surface area contributed by atoms with Crippen LogP contribution >= 0.6 is 0 Å². The minimum atomic E-state index is 0.500. The second-order valence-corrected chi connectivity index (χ2v) is 7.26. The van der Waals surface area contributed by atoms with Crippen LogP contribution in [-0.4, -0.2) is 12.6 Å². The zero-order valence-electron chi connectivity index (χ0n) is 12.6. The Kier molecular flexibility index (Phi) is 3.36. The molecule has 1 heteroatoms. The normalized spacial score (nSPS) is 31.4. The summed E-state index contributed by atoms with van der Waals surface area (Å²) in [5, 5.41) is 3.62. The Morgan fingerprint density at radius 3 is 1.71 bits per heavy atom. The molecule has 2 unspecified atom stereocenters.